The molecule has 1 saturated heterocycles. The second-order valence-electron chi connectivity index (χ2n) is 7.48. The Hall–Kier alpha value is -3.60. The van der Waals surface area contributed by atoms with Crippen LogP contribution in [0.3, 0.4) is 0 Å². The number of benzene rings is 1. The quantitative estimate of drug-likeness (QED) is 0.652. The Bertz CT molecular complexity index is 1050. The first-order valence-corrected chi connectivity index (χ1v) is 10.3. The van der Waals surface area contributed by atoms with E-state index in [2.05, 4.69) is 9.97 Å². The fraction of sp³-hybridized carbons (Fsp3) is 0.350. The van der Waals surface area contributed by atoms with Crippen molar-refractivity contribution in [1.29, 1.82) is 0 Å². The Morgan fingerprint density at radius 1 is 1.16 bits per heavy atom. The molecular weight excluding hydrogens is 440 g/mol. The van der Waals surface area contributed by atoms with Gasteiger partial charge in [-0.3, -0.25) is 14.6 Å². The maximum atomic E-state index is 12.6. The number of hydrogen-bond donors (Lipinski definition) is 2. The van der Waals surface area contributed by atoms with Crippen LogP contribution in [0.25, 0.3) is 0 Å². The van der Waals surface area contributed by atoms with Gasteiger partial charge in [-0.2, -0.15) is 0 Å². The average Bonchev–Trinajstić information content (AvgIpc) is 3.21. The Labute approximate surface area is 188 Å². The van der Waals surface area contributed by atoms with Gasteiger partial charge in [-0.25, -0.2) is 19.6 Å². The third-order valence-corrected chi connectivity index (χ3v) is 5.62. The van der Waals surface area contributed by atoms with Crippen molar-refractivity contribution < 1.29 is 24.2 Å². The van der Waals surface area contributed by atoms with E-state index in [1.165, 1.54) is 9.80 Å². The predicted molar refractivity (Wildman–Crippen MR) is 113 cm³/mol. The Kier molecular flexibility index (Phi) is 5.99. The normalized spacial score (nSPS) is 17.8. The van der Waals surface area contributed by atoms with E-state index in [1.54, 1.807) is 4.90 Å². The van der Waals surface area contributed by atoms with E-state index in [4.69, 9.17) is 22.1 Å². The summed E-state index contributed by atoms with van der Waals surface area (Å²) >= 11 is 6.06. The molecule has 3 N–H and O–H groups in total. The first kappa shape index (κ1) is 21.6. The first-order chi connectivity index (χ1) is 15.3. The van der Waals surface area contributed by atoms with E-state index >= 15 is 0 Å². The van der Waals surface area contributed by atoms with Gasteiger partial charge in [0.1, 0.15) is 18.5 Å². The molecule has 3 amide bonds. The molecule has 0 aliphatic carbocycles. The molecule has 11 nitrogen and oxygen atoms in total. The fourth-order valence-electron chi connectivity index (χ4n) is 3.84. The maximum absolute atomic E-state index is 12.6. The number of piperazine rings is 1. The number of nitrogens with zero attached hydrogens (tertiary/aromatic N) is 5. The second kappa shape index (κ2) is 8.87. The summed E-state index contributed by atoms with van der Waals surface area (Å²) in [5, 5.41) is 9.29. The summed E-state index contributed by atoms with van der Waals surface area (Å²) in [6, 6.07) is 8.25. The maximum Gasteiger partial charge on any atom is 0.410 e. The Morgan fingerprint density at radius 3 is 2.59 bits per heavy atom. The minimum atomic E-state index is -1.08. The lowest BCUT2D eigenvalue weighted by molar-refractivity contribution is -0.123. The van der Waals surface area contributed by atoms with Crippen molar-refractivity contribution in [2.24, 2.45) is 5.73 Å². The predicted octanol–water partition coefficient (Wildman–Crippen LogP) is 1.44. The lowest BCUT2D eigenvalue weighted by atomic mass is 10.1. The molecule has 12 heteroatoms. The third kappa shape index (κ3) is 4.37. The van der Waals surface area contributed by atoms with E-state index in [1.807, 2.05) is 30.3 Å². The molecule has 168 valence electrons. The molecule has 0 saturated carbocycles. The highest BCUT2D eigenvalue weighted by molar-refractivity contribution is 6.28. The number of halogens is 1. The minimum absolute atomic E-state index is 0.0219. The smallest absolute Gasteiger partial charge is 0.410 e. The van der Waals surface area contributed by atoms with Crippen molar-refractivity contribution in [2.45, 2.75) is 25.7 Å². The van der Waals surface area contributed by atoms with Gasteiger partial charge in [-0.05, 0) is 17.2 Å². The molecule has 4 rings (SSSR count). The number of carbonyl (C=O) groups excluding carboxylic acids is 2. The summed E-state index contributed by atoms with van der Waals surface area (Å²) in [6.45, 7) is 0.855. The van der Waals surface area contributed by atoms with Crippen LogP contribution in [-0.2, 0) is 29.2 Å². The number of aromatic nitrogens is 2. The van der Waals surface area contributed by atoms with E-state index in [0.29, 0.717) is 23.6 Å². The van der Waals surface area contributed by atoms with Gasteiger partial charge in [0.25, 0.3) is 0 Å². The van der Waals surface area contributed by atoms with Crippen LogP contribution in [0.2, 0.25) is 5.28 Å². The van der Waals surface area contributed by atoms with E-state index < -0.39 is 24.1 Å². The molecule has 3 heterocycles. The second-order valence-corrected chi connectivity index (χ2v) is 7.82. The number of carboxylic acid groups (broad SMARTS) is 1. The lowest BCUT2D eigenvalue weighted by Crippen LogP contribution is -2.60. The van der Waals surface area contributed by atoms with Crippen LogP contribution in [0.4, 0.5) is 15.4 Å². The van der Waals surface area contributed by atoms with Gasteiger partial charge in [-0.1, -0.05) is 30.3 Å². The summed E-state index contributed by atoms with van der Waals surface area (Å²) < 4.78 is 5.36. The van der Waals surface area contributed by atoms with Gasteiger partial charge in [0.2, 0.25) is 11.2 Å². The SMILES string of the molecule is NC(=O)C1CN(c2nc(Cl)nc3c2CN(C(=O)O)C3)CCN1C(=O)OCc1ccccc1. The van der Waals surface area contributed by atoms with Crippen LogP contribution >= 0.6 is 11.6 Å². The number of hydrogen-bond acceptors (Lipinski definition) is 7. The Balaban J connectivity index is 1.50. The van der Waals surface area contributed by atoms with E-state index in [-0.39, 0.29) is 38.1 Å². The summed E-state index contributed by atoms with van der Waals surface area (Å²) in [6.07, 6.45) is -1.72. The number of rotatable bonds is 4. The van der Waals surface area contributed by atoms with Crippen LogP contribution < -0.4 is 10.6 Å². The average molecular weight is 461 g/mol. The molecule has 32 heavy (non-hydrogen) atoms. The molecule has 1 atom stereocenters. The Morgan fingerprint density at radius 2 is 1.91 bits per heavy atom. The van der Waals surface area contributed by atoms with Gasteiger partial charge in [-0.15, -0.1) is 0 Å². The molecule has 2 aromatic rings. The number of primary amides is 1. The molecule has 0 bridgehead atoms. The zero-order valence-corrected chi connectivity index (χ0v) is 17.7. The van der Waals surface area contributed by atoms with Gasteiger partial charge in [0, 0.05) is 25.2 Å². The third-order valence-electron chi connectivity index (χ3n) is 5.45. The van der Waals surface area contributed by atoms with Gasteiger partial charge >= 0.3 is 12.2 Å². The molecule has 2 aliphatic rings. The molecule has 0 radical (unpaired) electrons. The number of ether oxygens (including phenoxy) is 1. The van der Waals surface area contributed by atoms with Gasteiger partial charge in [0.15, 0.2) is 0 Å². The molecule has 1 aromatic carbocycles. The van der Waals surface area contributed by atoms with E-state index in [0.717, 1.165) is 5.56 Å². The van der Waals surface area contributed by atoms with Crippen molar-refractivity contribution in [3.8, 4) is 0 Å². The van der Waals surface area contributed by atoms with Crippen LogP contribution in [0.1, 0.15) is 16.8 Å². The number of amides is 3. The van der Waals surface area contributed by atoms with Crippen LogP contribution in [0, 0.1) is 0 Å². The number of carbonyl (C=O) groups is 3. The standard InChI is InChI=1S/C20H21ClN6O5/c21-18-23-14-9-26(19(29)30)8-13(14)17(24-18)25-6-7-27(15(10-25)16(22)28)20(31)32-11-12-4-2-1-3-5-12/h1-5,15H,6-11H2,(H2,22,28)(H,29,30). The highest BCUT2D eigenvalue weighted by atomic mass is 35.5. The summed E-state index contributed by atoms with van der Waals surface area (Å²) in [5.41, 5.74) is 7.55. The number of anilines is 1. The highest BCUT2D eigenvalue weighted by Gasteiger charge is 2.38. The molecule has 2 aliphatic heterocycles. The van der Waals surface area contributed by atoms with Gasteiger partial charge in [0.05, 0.1) is 18.8 Å². The summed E-state index contributed by atoms with van der Waals surface area (Å²) in [7, 11) is 0. The van der Waals surface area contributed by atoms with Crippen LogP contribution in [-0.4, -0.2) is 68.6 Å². The van der Waals surface area contributed by atoms with Crippen molar-refractivity contribution >= 4 is 35.5 Å². The zero-order valence-electron chi connectivity index (χ0n) is 17.0. The molecule has 0 spiro atoms. The number of fused-ring (bicyclic) bond motifs is 1. The summed E-state index contributed by atoms with van der Waals surface area (Å²) in [4.78, 5) is 48.9. The largest absolute Gasteiger partial charge is 0.465 e. The molecule has 1 aromatic heterocycles. The van der Waals surface area contributed by atoms with Crippen molar-refractivity contribution in [2.75, 3.05) is 24.5 Å². The van der Waals surface area contributed by atoms with Crippen molar-refractivity contribution in [3.05, 3.63) is 52.4 Å². The van der Waals surface area contributed by atoms with Crippen molar-refractivity contribution in [1.82, 2.24) is 19.8 Å². The van der Waals surface area contributed by atoms with Crippen LogP contribution in [0.5, 0.6) is 0 Å². The molecule has 1 unspecified atom stereocenters. The molecular formula is C20H21ClN6O5. The van der Waals surface area contributed by atoms with E-state index in [9.17, 15) is 19.5 Å². The number of nitrogens with two attached hydrogens (primary N) is 1. The topological polar surface area (TPSA) is 142 Å². The fourth-order valence-corrected chi connectivity index (χ4v) is 4.03. The zero-order chi connectivity index (χ0) is 22.8. The molecule has 1 fully saturated rings. The monoisotopic (exact) mass is 460 g/mol. The van der Waals surface area contributed by atoms with Crippen molar-refractivity contribution in [3.63, 3.8) is 0 Å². The van der Waals surface area contributed by atoms with Crippen LogP contribution in [0.15, 0.2) is 30.3 Å². The van der Waals surface area contributed by atoms with Gasteiger partial charge < -0.3 is 20.5 Å². The minimum Gasteiger partial charge on any atom is -0.465 e. The lowest BCUT2D eigenvalue weighted by Gasteiger charge is -2.40. The first-order valence-electron chi connectivity index (χ1n) is 9.88. The summed E-state index contributed by atoms with van der Waals surface area (Å²) in [5.74, 6) is -0.248. The highest BCUT2D eigenvalue weighted by Crippen LogP contribution is 2.31.